The summed E-state index contributed by atoms with van der Waals surface area (Å²) in [6, 6.07) is 12.6. The van der Waals surface area contributed by atoms with E-state index in [1.807, 2.05) is 24.3 Å². The van der Waals surface area contributed by atoms with Crippen LogP contribution >= 0.6 is 22.6 Å². The zero-order chi connectivity index (χ0) is 14.0. The molecule has 0 heterocycles. The van der Waals surface area contributed by atoms with Crippen LogP contribution in [0, 0.1) is 3.57 Å². The van der Waals surface area contributed by atoms with Crippen LogP contribution in [0.25, 0.3) is 0 Å². The van der Waals surface area contributed by atoms with Crippen molar-refractivity contribution in [2.75, 3.05) is 17.3 Å². The van der Waals surface area contributed by atoms with E-state index in [0.717, 1.165) is 15.5 Å². The lowest BCUT2D eigenvalue weighted by Gasteiger charge is -2.13. The lowest BCUT2D eigenvalue weighted by atomic mass is 10.2. The quantitative estimate of drug-likeness (QED) is 0.627. The first-order chi connectivity index (χ1) is 8.89. The molecule has 0 fully saturated rings. The van der Waals surface area contributed by atoms with Gasteiger partial charge in [-0.05, 0) is 46.9 Å². The fraction of sp³-hybridized carbons (Fsp3) is 0.0769. The molecule has 0 amide bonds. The molecule has 4 nitrogen and oxygen atoms in total. The number of hydrogen-bond donors (Lipinski definition) is 2. The summed E-state index contributed by atoms with van der Waals surface area (Å²) in [4.78, 5) is 0.142. The van der Waals surface area contributed by atoms with Crippen molar-refractivity contribution in [3.63, 3.8) is 0 Å². The highest BCUT2D eigenvalue weighted by Crippen LogP contribution is 2.30. The monoisotopic (exact) mass is 388 g/mol. The summed E-state index contributed by atoms with van der Waals surface area (Å²) < 4.78 is 24.3. The molecule has 0 bridgehead atoms. The third-order valence-electron chi connectivity index (χ3n) is 2.61. The van der Waals surface area contributed by atoms with Gasteiger partial charge in [-0.3, -0.25) is 0 Å². The Labute approximate surface area is 126 Å². The van der Waals surface area contributed by atoms with E-state index < -0.39 is 9.84 Å². The SMILES string of the molecule is CS(=O)(=O)c1cccc(Nc2ccccc2I)c1N. The highest BCUT2D eigenvalue weighted by Gasteiger charge is 2.14. The largest absolute Gasteiger partial charge is 0.396 e. The molecule has 100 valence electrons. The number of rotatable bonds is 3. The topological polar surface area (TPSA) is 72.2 Å². The minimum Gasteiger partial charge on any atom is -0.396 e. The van der Waals surface area contributed by atoms with Gasteiger partial charge in [0, 0.05) is 9.83 Å². The van der Waals surface area contributed by atoms with Gasteiger partial charge in [-0.1, -0.05) is 18.2 Å². The maximum absolute atomic E-state index is 11.6. The number of halogens is 1. The second-order valence-electron chi connectivity index (χ2n) is 4.09. The summed E-state index contributed by atoms with van der Waals surface area (Å²) in [7, 11) is -3.33. The molecule has 19 heavy (non-hydrogen) atoms. The smallest absolute Gasteiger partial charge is 0.177 e. The molecular weight excluding hydrogens is 375 g/mol. The van der Waals surface area contributed by atoms with Crippen LogP contribution in [-0.2, 0) is 9.84 Å². The Bertz CT molecular complexity index is 714. The van der Waals surface area contributed by atoms with Crippen LogP contribution < -0.4 is 11.1 Å². The molecule has 0 aromatic heterocycles. The second kappa shape index (κ2) is 5.38. The highest BCUT2D eigenvalue weighted by molar-refractivity contribution is 14.1. The van der Waals surface area contributed by atoms with Crippen LogP contribution in [0.3, 0.4) is 0 Å². The molecule has 0 spiro atoms. The summed E-state index contributed by atoms with van der Waals surface area (Å²) in [6.45, 7) is 0. The van der Waals surface area contributed by atoms with Gasteiger partial charge in [0.1, 0.15) is 0 Å². The Balaban J connectivity index is 2.46. The predicted molar refractivity (Wildman–Crippen MR) is 86.4 cm³/mol. The minimum atomic E-state index is -3.33. The average Bonchev–Trinajstić information content (AvgIpc) is 2.33. The normalized spacial score (nSPS) is 11.3. The van der Waals surface area contributed by atoms with E-state index in [2.05, 4.69) is 27.9 Å². The van der Waals surface area contributed by atoms with Gasteiger partial charge < -0.3 is 11.1 Å². The zero-order valence-corrected chi connectivity index (χ0v) is 13.2. The number of benzene rings is 2. The average molecular weight is 388 g/mol. The molecule has 0 aliphatic heterocycles. The van der Waals surface area contributed by atoms with Crippen LogP contribution in [0.4, 0.5) is 17.1 Å². The van der Waals surface area contributed by atoms with Gasteiger partial charge in [-0.15, -0.1) is 0 Å². The molecule has 0 aliphatic rings. The summed E-state index contributed by atoms with van der Waals surface area (Å²) >= 11 is 2.20. The molecule has 6 heteroatoms. The van der Waals surface area contributed by atoms with Crippen LogP contribution in [0.2, 0.25) is 0 Å². The Morgan fingerprint density at radius 1 is 1.05 bits per heavy atom. The number of nitrogens with two attached hydrogens (primary N) is 1. The maximum Gasteiger partial charge on any atom is 0.177 e. The zero-order valence-electron chi connectivity index (χ0n) is 10.2. The predicted octanol–water partition coefficient (Wildman–Crippen LogP) is 3.02. The molecule has 3 N–H and O–H groups in total. The highest BCUT2D eigenvalue weighted by atomic mass is 127. The standard InChI is InChI=1S/C13H13IN2O2S/c1-19(17,18)12-8-4-7-11(13(12)15)16-10-6-3-2-5-9(10)14/h2-8,16H,15H2,1H3. The Morgan fingerprint density at radius 2 is 1.68 bits per heavy atom. The van der Waals surface area contributed by atoms with Gasteiger partial charge in [-0.25, -0.2) is 8.42 Å². The third-order valence-corrected chi connectivity index (χ3v) is 4.70. The molecule has 0 radical (unpaired) electrons. The van der Waals surface area contributed by atoms with Crippen molar-refractivity contribution in [2.45, 2.75) is 4.90 Å². The Morgan fingerprint density at radius 3 is 2.32 bits per heavy atom. The number of nitrogen functional groups attached to an aromatic ring is 1. The van der Waals surface area contributed by atoms with E-state index in [4.69, 9.17) is 5.73 Å². The van der Waals surface area contributed by atoms with Gasteiger partial charge in [0.05, 0.1) is 22.0 Å². The lowest BCUT2D eigenvalue weighted by molar-refractivity contribution is 0.602. The lowest BCUT2D eigenvalue weighted by Crippen LogP contribution is -2.05. The fourth-order valence-electron chi connectivity index (χ4n) is 1.68. The molecule has 0 saturated heterocycles. The van der Waals surface area contributed by atoms with E-state index >= 15 is 0 Å². The summed E-state index contributed by atoms with van der Waals surface area (Å²) in [5.41, 5.74) is 7.64. The van der Waals surface area contributed by atoms with Crippen LogP contribution in [0.15, 0.2) is 47.4 Å². The van der Waals surface area contributed by atoms with E-state index in [0.29, 0.717) is 5.69 Å². The van der Waals surface area contributed by atoms with Gasteiger partial charge >= 0.3 is 0 Å². The number of sulfone groups is 1. The minimum absolute atomic E-state index is 0.142. The van der Waals surface area contributed by atoms with Crippen molar-refractivity contribution in [3.05, 3.63) is 46.0 Å². The van der Waals surface area contributed by atoms with Crippen molar-refractivity contribution in [3.8, 4) is 0 Å². The van der Waals surface area contributed by atoms with E-state index in [1.165, 1.54) is 6.07 Å². The number of nitrogens with one attached hydrogen (secondary N) is 1. The van der Waals surface area contributed by atoms with Crippen molar-refractivity contribution >= 4 is 49.5 Å². The van der Waals surface area contributed by atoms with Crippen LogP contribution in [0.5, 0.6) is 0 Å². The Hall–Kier alpha value is -1.28. The van der Waals surface area contributed by atoms with E-state index in [1.54, 1.807) is 12.1 Å². The number of anilines is 3. The summed E-state index contributed by atoms with van der Waals surface area (Å²) in [5, 5.41) is 3.16. The first-order valence-electron chi connectivity index (χ1n) is 5.49. The van der Waals surface area contributed by atoms with Gasteiger partial charge in [0.15, 0.2) is 9.84 Å². The maximum atomic E-state index is 11.6. The summed E-state index contributed by atoms with van der Waals surface area (Å²) in [5.74, 6) is 0. The molecular formula is C13H13IN2O2S. The molecule has 2 rings (SSSR count). The van der Waals surface area contributed by atoms with Gasteiger partial charge in [0.25, 0.3) is 0 Å². The van der Waals surface area contributed by atoms with Crippen molar-refractivity contribution in [2.24, 2.45) is 0 Å². The molecule has 0 unspecified atom stereocenters. The van der Waals surface area contributed by atoms with Crippen molar-refractivity contribution in [1.82, 2.24) is 0 Å². The number of hydrogen-bond acceptors (Lipinski definition) is 4. The molecule has 0 saturated carbocycles. The van der Waals surface area contributed by atoms with Crippen molar-refractivity contribution in [1.29, 1.82) is 0 Å². The first-order valence-corrected chi connectivity index (χ1v) is 8.46. The van der Waals surface area contributed by atoms with E-state index in [-0.39, 0.29) is 10.6 Å². The van der Waals surface area contributed by atoms with Crippen molar-refractivity contribution < 1.29 is 8.42 Å². The molecule has 2 aromatic carbocycles. The van der Waals surface area contributed by atoms with E-state index in [9.17, 15) is 8.42 Å². The fourth-order valence-corrected chi connectivity index (χ4v) is 3.04. The summed E-state index contributed by atoms with van der Waals surface area (Å²) in [6.07, 6.45) is 1.15. The van der Waals surface area contributed by atoms with Crippen LogP contribution in [-0.4, -0.2) is 14.7 Å². The third kappa shape index (κ3) is 3.19. The van der Waals surface area contributed by atoms with Gasteiger partial charge in [-0.2, -0.15) is 0 Å². The molecule has 2 aromatic rings. The first kappa shape index (κ1) is 14.1. The van der Waals surface area contributed by atoms with Gasteiger partial charge in [0.2, 0.25) is 0 Å². The number of para-hydroxylation sites is 2. The molecule has 0 aliphatic carbocycles. The Kier molecular flexibility index (Phi) is 4.00. The van der Waals surface area contributed by atoms with Crippen LogP contribution in [0.1, 0.15) is 0 Å². The second-order valence-corrected chi connectivity index (χ2v) is 7.24. The molecule has 0 atom stereocenters.